The van der Waals surface area contributed by atoms with Crippen LogP contribution in [0.4, 0.5) is 0 Å². The van der Waals surface area contributed by atoms with Crippen molar-refractivity contribution in [2.45, 2.75) is 12.5 Å². The van der Waals surface area contributed by atoms with E-state index in [9.17, 15) is 15.0 Å². The molecule has 0 fully saturated rings. The number of phenols is 1. The van der Waals surface area contributed by atoms with E-state index < -0.39 is 12.0 Å². The van der Waals surface area contributed by atoms with Gasteiger partial charge in [-0.2, -0.15) is 8.75 Å². The highest BCUT2D eigenvalue weighted by Crippen LogP contribution is 2.19. The predicted octanol–water partition coefficient (Wildman–Crippen LogP) is 2.51. The number of carboxylic acids is 1. The fraction of sp³-hybridized carbons (Fsp3) is 0.125. The summed E-state index contributed by atoms with van der Waals surface area (Å²) in [6.07, 6.45) is 1.59. The van der Waals surface area contributed by atoms with Crippen LogP contribution in [0.3, 0.4) is 0 Å². The minimum absolute atomic E-state index is 0.0613. The zero-order valence-corrected chi connectivity index (χ0v) is 12.8. The SMILES string of the molecule is O=C(O)C(Cc1cccc2nsnc12)N=Cc1ccccc1O. The molecule has 0 radical (unpaired) electrons. The van der Waals surface area contributed by atoms with Gasteiger partial charge in [0.25, 0.3) is 0 Å². The maximum atomic E-state index is 11.5. The molecule has 6 nitrogen and oxygen atoms in total. The van der Waals surface area contributed by atoms with Crippen molar-refractivity contribution >= 4 is 34.9 Å². The standard InChI is InChI=1S/C16H13N3O3S/c20-14-7-2-1-4-11(14)9-17-13(16(21)22)8-10-5-3-6-12-15(10)19-23-18-12/h1-7,9,13,20H,8H2,(H,21,22). The van der Waals surface area contributed by atoms with Crippen LogP contribution in [0.15, 0.2) is 47.5 Å². The Hall–Kier alpha value is -2.80. The van der Waals surface area contributed by atoms with E-state index in [1.54, 1.807) is 18.2 Å². The number of phenolic OH excluding ortho intramolecular Hbond substituents is 1. The van der Waals surface area contributed by atoms with Crippen LogP contribution in [-0.4, -0.2) is 37.2 Å². The molecule has 116 valence electrons. The van der Waals surface area contributed by atoms with Crippen molar-refractivity contribution in [2.24, 2.45) is 4.99 Å². The van der Waals surface area contributed by atoms with Crippen LogP contribution < -0.4 is 0 Å². The van der Waals surface area contributed by atoms with Crippen LogP contribution in [0, 0.1) is 0 Å². The maximum Gasteiger partial charge on any atom is 0.328 e. The van der Waals surface area contributed by atoms with Crippen molar-refractivity contribution in [1.29, 1.82) is 0 Å². The first-order valence-corrected chi connectivity index (χ1v) is 7.62. The number of aromatic hydroxyl groups is 1. The van der Waals surface area contributed by atoms with Crippen molar-refractivity contribution in [1.82, 2.24) is 8.75 Å². The third kappa shape index (κ3) is 3.35. The van der Waals surface area contributed by atoms with Crippen LogP contribution in [0.5, 0.6) is 5.75 Å². The van der Waals surface area contributed by atoms with E-state index in [1.165, 1.54) is 12.3 Å². The Labute approximate surface area is 136 Å². The second-order valence-corrected chi connectivity index (χ2v) is 5.47. The van der Waals surface area contributed by atoms with E-state index in [4.69, 9.17) is 0 Å². The van der Waals surface area contributed by atoms with Crippen molar-refractivity contribution in [3.05, 3.63) is 53.6 Å². The molecule has 3 rings (SSSR count). The molecular weight excluding hydrogens is 314 g/mol. The first-order chi connectivity index (χ1) is 11.1. The summed E-state index contributed by atoms with van der Waals surface area (Å²) >= 11 is 1.10. The van der Waals surface area contributed by atoms with E-state index in [-0.39, 0.29) is 12.2 Å². The van der Waals surface area contributed by atoms with Crippen LogP contribution in [0.1, 0.15) is 11.1 Å². The average molecular weight is 327 g/mol. The Morgan fingerprint density at radius 1 is 1.22 bits per heavy atom. The van der Waals surface area contributed by atoms with Gasteiger partial charge in [0, 0.05) is 18.2 Å². The minimum atomic E-state index is -1.03. The Bertz CT molecular complexity index is 876. The van der Waals surface area contributed by atoms with Gasteiger partial charge in [-0.3, -0.25) is 4.99 Å². The van der Waals surface area contributed by atoms with Crippen LogP contribution in [0.25, 0.3) is 11.0 Å². The van der Waals surface area contributed by atoms with Gasteiger partial charge >= 0.3 is 5.97 Å². The molecule has 0 amide bonds. The zero-order valence-electron chi connectivity index (χ0n) is 12.0. The molecule has 2 aromatic carbocycles. The van der Waals surface area contributed by atoms with E-state index in [1.807, 2.05) is 18.2 Å². The molecule has 0 spiro atoms. The molecule has 1 unspecified atom stereocenters. The third-order valence-corrected chi connectivity index (χ3v) is 3.94. The largest absolute Gasteiger partial charge is 0.507 e. The maximum absolute atomic E-state index is 11.5. The summed E-state index contributed by atoms with van der Waals surface area (Å²) in [6.45, 7) is 0. The van der Waals surface area contributed by atoms with E-state index in [0.29, 0.717) is 11.1 Å². The first-order valence-electron chi connectivity index (χ1n) is 6.89. The normalized spacial score (nSPS) is 12.7. The summed E-state index contributed by atoms with van der Waals surface area (Å²) in [6, 6.07) is 11.2. The van der Waals surface area contributed by atoms with E-state index in [0.717, 1.165) is 22.8 Å². The number of carboxylic acid groups (broad SMARTS) is 1. The number of para-hydroxylation sites is 1. The molecule has 0 saturated heterocycles. The Kier molecular flexibility index (Phi) is 4.29. The summed E-state index contributed by atoms with van der Waals surface area (Å²) in [7, 11) is 0. The van der Waals surface area contributed by atoms with E-state index in [2.05, 4.69) is 13.7 Å². The number of nitrogens with zero attached hydrogens (tertiary/aromatic N) is 3. The average Bonchev–Trinajstić information content (AvgIpc) is 3.02. The van der Waals surface area contributed by atoms with Gasteiger partial charge in [0.05, 0.1) is 11.7 Å². The topological polar surface area (TPSA) is 95.7 Å². The Morgan fingerprint density at radius 3 is 2.83 bits per heavy atom. The summed E-state index contributed by atoms with van der Waals surface area (Å²) in [5.41, 5.74) is 2.73. The summed E-state index contributed by atoms with van der Waals surface area (Å²) in [5.74, 6) is -0.969. The Morgan fingerprint density at radius 2 is 2.04 bits per heavy atom. The monoisotopic (exact) mass is 327 g/mol. The van der Waals surface area contributed by atoms with Gasteiger partial charge in [-0.05, 0) is 23.8 Å². The lowest BCUT2D eigenvalue weighted by Crippen LogP contribution is -2.21. The van der Waals surface area contributed by atoms with Gasteiger partial charge in [-0.25, -0.2) is 4.79 Å². The highest BCUT2D eigenvalue weighted by atomic mass is 32.1. The molecule has 0 aliphatic heterocycles. The second-order valence-electron chi connectivity index (χ2n) is 4.94. The number of aromatic nitrogens is 2. The molecule has 1 heterocycles. The molecule has 3 aromatic rings. The smallest absolute Gasteiger partial charge is 0.328 e. The molecule has 0 aliphatic rings. The molecule has 1 atom stereocenters. The summed E-state index contributed by atoms with van der Waals surface area (Å²) in [5, 5.41) is 19.1. The molecule has 2 N–H and O–H groups in total. The first kappa shape index (κ1) is 15.1. The molecule has 7 heteroatoms. The van der Waals surface area contributed by atoms with Crippen LogP contribution >= 0.6 is 11.7 Å². The van der Waals surface area contributed by atoms with Gasteiger partial charge in [0.15, 0.2) is 6.04 Å². The van der Waals surface area contributed by atoms with Crippen molar-refractivity contribution in [3.63, 3.8) is 0 Å². The number of rotatable bonds is 5. The number of aliphatic carboxylic acids is 1. The molecule has 23 heavy (non-hydrogen) atoms. The lowest BCUT2D eigenvalue weighted by Gasteiger charge is -2.08. The molecular formula is C16H13N3O3S. The van der Waals surface area contributed by atoms with Gasteiger partial charge in [-0.15, -0.1) is 0 Å². The third-order valence-electron chi connectivity index (χ3n) is 3.40. The van der Waals surface area contributed by atoms with Crippen molar-refractivity contribution in [3.8, 4) is 5.75 Å². The molecule has 0 bridgehead atoms. The quantitative estimate of drug-likeness (QED) is 0.702. The highest BCUT2D eigenvalue weighted by Gasteiger charge is 2.18. The number of carbonyl (C=O) groups is 1. The highest BCUT2D eigenvalue weighted by molar-refractivity contribution is 7.00. The minimum Gasteiger partial charge on any atom is -0.507 e. The molecule has 0 saturated carbocycles. The van der Waals surface area contributed by atoms with Crippen molar-refractivity contribution < 1.29 is 15.0 Å². The second kappa shape index (κ2) is 6.53. The van der Waals surface area contributed by atoms with Crippen LogP contribution in [-0.2, 0) is 11.2 Å². The zero-order chi connectivity index (χ0) is 16.2. The van der Waals surface area contributed by atoms with Gasteiger partial charge in [-0.1, -0.05) is 24.3 Å². The number of aliphatic imine (C=N–C) groups is 1. The van der Waals surface area contributed by atoms with Gasteiger partial charge in [0.1, 0.15) is 16.8 Å². The predicted molar refractivity (Wildman–Crippen MR) is 88.2 cm³/mol. The number of fused-ring (bicyclic) bond motifs is 1. The summed E-state index contributed by atoms with van der Waals surface area (Å²) < 4.78 is 8.36. The molecule has 1 aromatic heterocycles. The number of hydrogen-bond acceptors (Lipinski definition) is 6. The fourth-order valence-electron chi connectivity index (χ4n) is 2.21. The van der Waals surface area contributed by atoms with Crippen molar-refractivity contribution in [2.75, 3.05) is 0 Å². The van der Waals surface area contributed by atoms with Gasteiger partial charge < -0.3 is 10.2 Å². The van der Waals surface area contributed by atoms with E-state index >= 15 is 0 Å². The number of benzene rings is 2. The van der Waals surface area contributed by atoms with Crippen LogP contribution in [0.2, 0.25) is 0 Å². The molecule has 0 aliphatic carbocycles. The number of hydrogen-bond donors (Lipinski definition) is 2. The fourth-order valence-corrected chi connectivity index (χ4v) is 2.77. The lowest BCUT2D eigenvalue weighted by atomic mass is 10.0. The lowest BCUT2D eigenvalue weighted by molar-refractivity contribution is -0.138. The van der Waals surface area contributed by atoms with Gasteiger partial charge in [0.2, 0.25) is 0 Å². The summed E-state index contributed by atoms with van der Waals surface area (Å²) in [4.78, 5) is 15.6. The Balaban J connectivity index is 1.87.